The molecule has 1 aliphatic carbocycles. The third kappa shape index (κ3) is 3.46. The molecule has 16 heavy (non-hydrogen) atoms. The van der Waals surface area contributed by atoms with Gasteiger partial charge in [0.15, 0.2) is 0 Å². The van der Waals surface area contributed by atoms with Crippen LogP contribution in [0.5, 0.6) is 0 Å². The molecule has 2 fully saturated rings. The number of nitrogens with one attached hydrogen (secondary N) is 1. The number of nitrogens with two attached hydrogens (primary N) is 1. The van der Waals surface area contributed by atoms with Gasteiger partial charge in [-0.05, 0) is 45.3 Å². The highest BCUT2D eigenvalue weighted by atomic mass is 16.2. The highest BCUT2D eigenvalue weighted by molar-refractivity contribution is 5.82. The minimum absolute atomic E-state index is 0.106. The zero-order chi connectivity index (χ0) is 11.4. The van der Waals surface area contributed by atoms with Crippen molar-refractivity contribution in [3.63, 3.8) is 0 Å². The number of carbonyl (C=O) groups is 1. The van der Waals surface area contributed by atoms with Crippen molar-refractivity contribution in [2.45, 2.75) is 38.1 Å². The van der Waals surface area contributed by atoms with E-state index >= 15 is 0 Å². The lowest BCUT2D eigenvalue weighted by molar-refractivity contribution is -0.122. The van der Waals surface area contributed by atoms with Gasteiger partial charge in [0.1, 0.15) is 0 Å². The summed E-state index contributed by atoms with van der Waals surface area (Å²) in [6.45, 7) is 4.40. The maximum atomic E-state index is 11.5. The quantitative estimate of drug-likeness (QED) is 0.663. The predicted octanol–water partition coefficient (Wildman–Crippen LogP) is 0.326. The van der Waals surface area contributed by atoms with E-state index in [9.17, 15) is 4.79 Å². The van der Waals surface area contributed by atoms with Crippen LogP contribution >= 0.6 is 0 Å². The van der Waals surface area contributed by atoms with Crippen LogP contribution in [-0.2, 0) is 4.79 Å². The molecule has 2 rings (SSSR count). The van der Waals surface area contributed by atoms with Crippen LogP contribution in [0.2, 0.25) is 0 Å². The molecule has 2 aliphatic rings. The van der Waals surface area contributed by atoms with Crippen LogP contribution in [0.3, 0.4) is 0 Å². The third-order valence-corrected chi connectivity index (χ3v) is 3.58. The first-order valence-corrected chi connectivity index (χ1v) is 6.53. The average Bonchev–Trinajstić information content (AvgIpc) is 3.03. The van der Waals surface area contributed by atoms with Gasteiger partial charge in [-0.1, -0.05) is 6.42 Å². The first-order valence-electron chi connectivity index (χ1n) is 6.53. The maximum Gasteiger partial charge on any atom is 0.224 e. The molecule has 4 heteroatoms. The summed E-state index contributed by atoms with van der Waals surface area (Å²) in [4.78, 5) is 14.0. The Labute approximate surface area is 97.6 Å². The molecule has 3 N–H and O–H groups in total. The number of hydrogen-bond acceptors (Lipinski definition) is 3. The molecule has 4 nitrogen and oxygen atoms in total. The van der Waals surface area contributed by atoms with Gasteiger partial charge in [0, 0.05) is 12.6 Å². The Balaban J connectivity index is 1.49. The van der Waals surface area contributed by atoms with Crippen molar-refractivity contribution in [3.05, 3.63) is 0 Å². The van der Waals surface area contributed by atoms with Gasteiger partial charge >= 0.3 is 0 Å². The highest BCUT2D eigenvalue weighted by Crippen LogP contribution is 2.27. The zero-order valence-electron chi connectivity index (χ0n) is 9.95. The van der Waals surface area contributed by atoms with Gasteiger partial charge in [-0.15, -0.1) is 0 Å². The first kappa shape index (κ1) is 11.9. The van der Waals surface area contributed by atoms with Crippen LogP contribution < -0.4 is 11.1 Å². The van der Waals surface area contributed by atoms with E-state index in [-0.39, 0.29) is 17.9 Å². The van der Waals surface area contributed by atoms with Crippen LogP contribution in [0, 0.1) is 5.92 Å². The molecule has 1 amide bonds. The second-order valence-electron chi connectivity index (χ2n) is 5.05. The van der Waals surface area contributed by atoms with Crippen molar-refractivity contribution < 1.29 is 4.79 Å². The van der Waals surface area contributed by atoms with E-state index < -0.39 is 0 Å². The number of hydrogen-bond donors (Lipinski definition) is 2. The fraction of sp³-hybridized carbons (Fsp3) is 0.917. The maximum absolute atomic E-state index is 11.5. The third-order valence-electron chi connectivity index (χ3n) is 3.58. The van der Waals surface area contributed by atoms with Gasteiger partial charge in [0.2, 0.25) is 5.91 Å². The Morgan fingerprint density at radius 1 is 1.31 bits per heavy atom. The van der Waals surface area contributed by atoms with Crippen molar-refractivity contribution >= 4 is 5.91 Å². The molecule has 2 unspecified atom stereocenters. The second-order valence-corrected chi connectivity index (χ2v) is 5.05. The fourth-order valence-corrected chi connectivity index (χ4v) is 2.34. The van der Waals surface area contributed by atoms with E-state index in [0.29, 0.717) is 0 Å². The summed E-state index contributed by atoms with van der Waals surface area (Å²) in [5.74, 6) is 0.265. The number of amides is 1. The Bertz CT molecular complexity index is 238. The number of rotatable bonds is 5. The summed E-state index contributed by atoms with van der Waals surface area (Å²) in [5, 5.41) is 2.97. The van der Waals surface area contributed by atoms with E-state index in [1.54, 1.807) is 0 Å². The fourth-order valence-electron chi connectivity index (χ4n) is 2.34. The molecule has 1 heterocycles. The number of likely N-dealkylation sites (tertiary alicyclic amines) is 1. The van der Waals surface area contributed by atoms with Crippen molar-refractivity contribution in [2.24, 2.45) is 11.7 Å². The van der Waals surface area contributed by atoms with Gasteiger partial charge in [-0.25, -0.2) is 0 Å². The molecule has 2 atom stereocenters. The van der Waals surface area contributed by atoms with Crippen molar-refractivity contribution in [3.8, 4) is 0 Å². The molecule has 0 spiro atoms. The summed E-state index contributed by atoms with van der Waals surface area (Å²) in [6.07, 6.45) is 5.99. The Kier molecular flexibility index (Phi) is 4.18. The molecular formula is C12H23N3O. The average molecular weight is 225 g/mol. The first-order chi connectivity index (χ1) is 7.77. The van der Waals surface area contributed by atoms with Gasteiger partial charge in [0.25, 0.3) is 0 Å². The van der Waals surface area contributed by atoms with Crippen molar-refractivity contribution in [2.75, 3.05) is 26.2 Å². The van der Waals surface area contributed by atoms with Gasteiger partial charge in [0.05, 0.1) is 5.92 Å². The number of nitrogens with zero attached hydrogens (tertiary/aromatic N) is 1. The number of carbonyl (C=O) groups excluding carboxylic acids is 1. The van der Waals surface area contributed by atoms with E-state index in [0.717, 1.165) is 25.9 Å². The summed E-state index contributed by atoms with van der Waals surface area (Å²) in [7, 11) is 0. The zero-order valence-corrected chi connectivity index (χ0v) is 9.95. The summed E-state index contributed by atoms with van der Waals surface area (Å²) in [5.41, 5.74) is 5.62. The summed E-state index contributed by atoms with van der Waals surface area (Å²) < 4.78 is 0. The second kappa shape index (κ2) is 5.64. The van der Waals surface area contributed by atoms with Crippen molar-refractivity contribution in [1.82, 2.24) is 10.2 Å². The molecule has 0 aromatic rings. The minimum atomic E-state index is 0.106. The van der Waals surface area contributed by atoms with Crippen molar-refractivity contribution in [1.29, 1.82) is 0 Å². The van der Waals surface area contributed by atoms with Crippen LogP contribution in [0.15, 0.2) is 0 Å². The Morgan fingerprint density at radius 2 is 2.00 bits per heavy atom. The molecule has 0 bridgehead atoms. The monoisotopic (exact) mass is 225 g/mol. The van der Waals surface area contributed by atoms with E-state index in [4.69, 9.17) is 5.73 Å². The highest BCUT2D eigenvalue weighted by Gasteiger charge is 2.39. The van der Waals surface area contributed by atoms with E-state index in [1.807, 2.05) is 0 Å². The molecule has 92 valence electrons. The Morgan fingerprint density at radius 3 is 2.62 bits per heavy atom. The summed E-state index contributed by atoms with van der Waals surface area (Å²) >= 11 is 0. The molecule has 1 saturated carbocycles. The normalized spacial score (nSPS) is 30.1. The van der Waals surface area contributed by atoms with Gasteiger partial charge in [-0.3, -0.25) is 4.79 Å². The molecule has 0 aromatic carbocycles. The van der Waals surface area contributed by atoms with Gasteiger partial charge in [-0.2, -0.15) is 0 Å². The lowest BCUT2D eigenvalue weighted by atomic mass is 10.1. The van der Waals surface area contributed by atoms with Crippen LogP contribution in [-0.4, -0.2) is 43.0 Å². The minimum Gasteiger partial charge on any atom is -0.356 e. The SMILES string of the molecule is NC1CC1C(=O)NCCCN1CCCCC1. The lowest BCUT2D eigenvalue weighted by Gasteiger charge is -2.26. The molecular weight excluding hydrogens is 202 g/mol. The van der Waals surface area contributed by atoms with E-state index in [2.05, 4.69) is 10.2 Å². The standard InChI is InChI=1S/C12H23N3O/c13-11-9-10(11)12(16)14-5-4-8-15-6-2-1-3-7-15/h10-11H,1-9,13H2,(H,14,16). The van der Waals surface area contributed by atoms with Crippen LogP contribution in [0.25, 0.3) is 0 Å². The summed E-state index contributed by atoms with van der Waals surface area (Å²) in [6, 6.07) is 0.127. The van der Waals surface area contributed by atoms with Gasteiger partial charge < -0.3 is 16.0 Å². The predicted molar refractivity (Wildman–Crippen MR) is 64.0 cm³/mol. The molecule has 0 radical (unpaired) electrons. The van der Waals surface area contributed by atoms with Crippen LogP contribution in [0.4, 0.5) is 0 Å². The molecule has 1 aliphatic heterocycles. The topological polar surface area (TPSA) is 58.4 Å². The largest absolute Gasteiger partial charge is 0.356 e. The molecule has 1 saturated heterocycles. The lowest BCUT2D eigenvalue weighted by Crippen LogP contribution is -2.34. The number of piperidine rings is 1. The van der Waals surface area contributed by atoms with Crippen LogP contribution in [0.1, 0.15) is 32.1 Å². The Hall–Kier alpha value is -0.610. The molecule has 0 aromatic heterocycles. The van der Waals surface area contributed by atoms with E-state index in [1.165, 1.54) is 32.4 Å². The smallest absolute Gasteiger partial charge is 0.224 e.